The quantitative estimate of drug-likeness (QED) is 0.666. The van der Waals surface area contributed by atoms with Crippen molar-refractivity contribution in [1.29, 1.82) is 0 Å². The van der Waals surface area contributed by atoms with Gasteiger partial charge in [0, 0.05) is 10.4 Å². The molecule has 1 aromatic carbocycles. The number of amides is 1. The molecule has 0 saturated heterocycles. The summed E-state index contributed by atoms with van der Waals surface area (Å²) in [5.74, 6) is -0.0468. The lowest BCUT2D eigenvalue weighted by Crippen LogP contribution is -2.31. The van der Waals surface area contributed by atoms with Crippen LogP contribution in [0.3, 0.4) is 0 Å². The van der Waals surface area contributed by atoms with Gasteiger partial charge >= 0.3 is 0 Å². The summed E-state index contributed by atoms with van der Waals surface area (Å²) < 4.78 is 6.49. The van der Waals surface area contributed by atoms with Crippen LogP contribution in [0.25, 0.3) is 10.2 Å². The number of aryl methyl sites for hydroxylation is 2. The zero-order valence-electron chi connectivity index (χ0n) is 15.7. The number of ketones is 1. The van der Waals surface area contributed by atoms with Gasteiger partial charge in [-0.3, -0.25) is 14.4 Å². The molecule has 1 aliphatic heterocycles. The lowest BCUT2D eigenvalue weighted by Gasteiger charge is -2.19. The van der Waals surface area contributed by atoms with Crippen molar-refractivity contribution in [2.45, 2.75) is 38.6 Å². The number of nitrogens with zero attached hydrogens (tertiary/aromatic N) is 3. The van der Waals surface area contributed by atoms with Gasteiger partial charge < -0.3 is 10.1 Å². The smallest absolute Gasteiger partial charge is 0.279 e. The average molecular weight is 410 g/mol. The Bertz CT molecular complexity index is 1230. The van der Waals surface area contributed by atoms with E-state index in [1.165, 1.54) is 20.9 Å². The zero-order valence-corrected chi connectivity index (χ0v) is 16.5. The minimum Gasteiger partial charge on any atom is -0.482 e. The Morgan fingerprint density at radius 2 is 2.10 bits per heavy atom. The Morgan fingerprint density at radius 3 is 2.97 bits per heavy atom. The second kappa shape index (κ2) is 6.77. The first-order valence-electron chi connectivity index (χ1n) is 9.53. The summed E-state index contributed by atoms with van der Waals surface area (Å²) >= 11 is 1.53. The lowest BCUT2D eigenvalue weighted by molar-refractivity contribution is -0.118. The molecule has 1 amide bonds. The van der Waals surface area contributed by atoms with Crippen molar-refractivity contribution in [3.05, 3.63) is 44.6 Å². The lowest BCUT2D eigenvalue weighted by atomic mass is 9.97. The number of rotatable bonds is 3. The molecule has 2 aliphatic rings. The molecule has 1 aliphatic carbocycles. The number of aromatic nitrogens is 3. The third-order valence-corrected chi connectivity index (χ3v) is 6.63. The summed E-state index contributed by atoms with van der Waals surface area (Å²) in [4.78, 5) is 39.6. The average Bonchev–Trinajstić information content (AvgIpc) is 3.12. The Balaban J connectivity index is 1.53. The number of carbonyl (C=O) groups is 2. The van der Waals surface area contributed by atoms with E-state index < -0.39 is 6.04 Å². The minimum absolute atomic E-state index is 0.0490. The molecule has 0 fully saturated rings. The largest absolute Gasteiger partial charge is 0.482 e. The highest BCUT2D eigenvalue weighted by molar-refractivity contribution is 7.18. The molecule has 1 atom stereocenters. The molecule has 0 bridgehead atoms. The summed E-state index contributed by atoms with van der Waals surface area (Å²) in [7, 11) is 0. The van der Waals surface area contributed by atoms with Crippen LogP contribution in [-0.2, 0) is 17.6 Å². The summed E-state index contributed by atoms with van der Waals surface area (Å²) in [6, 6.07) is 4.01. The van der Waals surface area contributed by atoms with E-state index in [0.29, 0.717) is 27.2 Å². The van der Waals surface area contributed by atoms with Crippen molar-refractivity contribution >= 4 is 38.9 Å². The third-order valence-electron chi connectivity index (χ3n) is 5.45. The first-order valence-corrected chi connectivity index (χ1v) is 10.4. The molecule has 3 heterocycles. The maximum absolute atomic E-state index is 13.2. The van der Waals surface area contributed by atoms with E-state index in [-0.39, 0.29) is 23.9 Å². The van der Waals surface area contributed by atoms with E-state index >= 15 is 0 Å². The molecule has 0 radical (unpaired) electrons. The first-order chi connectivity index (χ1) is 14.0. The number of benzene rings is 1. The van der Waals surface area contributed by atoms with Crippen LogP contribution in [0.1, 0.15) is 46.6 Å². The van der Waals surface area contributed by atoms with Crippen LogP contribution in [0.5, 0.6) is 5.75 Å². The number of fused-ring (bicyclic) bond motifs is 4. The maximum Gasteiger partial charge on any atom is 0.279 e. The molecule has 5 rings (SSSR count). The third kappa shape index (κ3) is 2.93. The highest BCUT2D eigenvalue weighted by Gasteiger charge is 2.26. The molecule has 3 aromatic rings. The van der Waals surface area contributed by atoms with Gasteiger partial charge in [0.2, 0.25) is 0 Å². The van der Waals surface area contributed by atoms with Gasteiger partial charge in [-0.15, -0.1) is 16.4 Å². The molecule has 8 nitrogen and oxygen atoms in total. The van der Waals surface area contributed by atoms with Crippen molar-refractivity contribution in [1.82, 2.24) is 15.0 Å². The number of carbonyl (C=O) groups excluding carboxylic acids is 2. The van der Waals surface area contributed by atoms with Gasteiger partial charge in [0.05, 0.1) is 11.1 Å². The molecule has 29 heavy (non-hydrogen) atoms. The van der Waals surface area contributed by atoms with Gasteiger partial charge in [0.15, 0.2) is 17.2 Å². The van der Waals surface area contributed by atoms with E-state index in [2.05, 4.69) is 15.6 Å². The second-order valence-corrected chi connectivity index (χ2v) is 8.40. The van der Waals surface area contributed by atoms with Gasteiger partial charge in [0.25, 0.3) is 11.5 Å². The zero-order chi connectivity index (χ0) is 20.1. The Morgan fingerprint density at radius 1 is 1.28 bits per heavy atom. The van der Waals surface area contributed by atoms with Gasteiger partial charge in [0.1, 0.15) is 11.8 Å². The second-order valence-electron chi connectivity index (χ2n) is 7.32. The van der Waals surface area contributed by atoms with E-state index in [1.54, 1.807) is 25.1 Å². The summed E-state index contributed by atoms with van der Waals surface area (Å²) in [5.41, 5.74) is 1.60. The molecule has 9 heteroatoms. The van der Waals surface area contributed by atoms with Crippen LogP contribution in [0.4, 0.5) is 5.69 Å². The van der Waals surface area contributed by atoms with Crippen molar-refractivity contribution in [3.8, 4) is 5.75 Å². The summed E-state index contributed by atoms with van der Waals surface area (Å²) in [5, 5.41) is 11.6. The fourth-order valence-corrected chi connectivity index (χ4v) is 5.13. The van der Waals surface area contributed by atoms with Gasteiger partial charge in [-0.1, -0.05) is 5.21 Å². The summed E-state index contributed by atoms with van der Waals surface area (Å²) in [6.45, 7) is 1.59. The summed E-state index contributed by atoms with van der Waals surface area (Å²) in [6.07, 6.45) is 4.00. The van der Waals surface area contributed by atoms with Gasteiger partial charge in [-0.05, 0) is 56.4 Å². The fourth-order valence-electron chi connectivity index (χ4n) is 3.93. The predicted molar refractivity (Wildman–Crippen MR) is 108 cm³/mol. The van der Waals surface area contributed by atoms with E-state index in [0.717, 1.165) is 31.2 Å². The monoisotopic (exact) mass is 410 g/mol. The Hall–Kier alpha value is -3.07. The number of Topliss-reactive ketones (excluding diaryl/α,β-unsaturated/α-hetero) is 1. The van der Waals surface area contributed by atoms with Crippen LogP contribution < -0.4 is 15.6 Å². The Kier molecular flexibility index (Phi) is 4.20. The fraction of sp³-hybridized carbons (Fsp3) is 0.350. The standard InChI is InChI=1S/C20H18N4O4S/c1-10(18(26)11-6-7-14-13(8-11)21-16(25)9-28-14)24-20(27)17-12-4-2-3-5-15(12)29-19(17)22-23-24/h6-8,10H,2-5,9H2,1H3,(H,21,25). The molecule has 1 N–H and O–H groups in total. The maximum atomic E-state index is 13.2. The predicted octanol–water partition coefficient (Wildman–Crippen LogP) is 2.51. The molecule has 0 saturated carbocycles. The van der Waals surface area contributed by atoms with Crippen molar-refractivity contribution < 1.29 is 14.3 Å². The van der Waals surface area contributed by atoms with Crippen LogP contribution in [0.15, 0.2) is 23.0 Å². The van der Waals surface area contributed by atoms with E-state index in [1.807, 2.05) is 0 Å². The first kappa shape index (κ1) is 18.0. The molecule has 0 spiro atoms. The molecular formula is C20H18N4O4S. The van der Waals surface area contributed by atoms with Crippen molar-refractivity contribution in [3.63, 3.8) is 0 Å². The normalized spacial score (nSPS) is 16.5. The van der Waals surface area contributed by atoms with E-state index in [9.17, 15) is 14.4 Å². The van der Waals surface area contributed by atoms with Crippen molar-refractivity contribution in [2.75, 3.05) is 11.9 Å². The van der Waals surface area contributed by atoms with E-state index in [4.69, 9.17) is 4.74 Å². The minimum atomic E-state index is -0.822. The topological polar surface area (TPSA) is 103 Å². The van der Waals surface area contributed by atoms with Crippen LogP contribution in [0.2, 0.25) is 0 Å². The molecular weight excluding hydrogens is 392 g/mol. The highest BCUT2D eigenvalue weighted by Crippen LogP contribution is 2.33. The van der Waals surface area contributed by atoms with Crippen LogP contribution in [0, 0.1) is 0 Å². The van der Waals surface area contributed by atoms with Crippen LogP contribution >= 0.6 is 11.3 Å². The number of thiophene rings is 1. The van der Waals surface area contributed by atoms with Gasteiger partial charge in [-0.2, -0.15) is 4.68 Å². The number of hydrogen-bond donors (Lipinski definition) is 1. The van der Waals surface area contributed by atoms with Gasteiger partial charge in [-0.25, -0.2) is 0 Å². The molecule has 148 valence electrons. The number of hydrogen-bond acceptors (Lipinski definition) is 7. The number of ether oxygens (including phenoxy) is 1. The molecule has 1 unspecified atom stereocenters. The van der Waals surface area contributed by atoms with Crippen molar-refractivity contribution in [2.24, 2.45) is 0 Å². The Labute approximate surface area is 169 Å². The number of nitrogens with one attached hydrogen (secondary N) is 1. The SMILES string of the molecule is CC(C(=O)c1ccc2c(c1)NC(=O)CO2)n1nnc2sc3c(c2c1=O)CCCC3. The highest BCUT2D eigenvalue weighted by atomic mass is 32.1. The van der Waals surface area contributed by atoms with Crippen LogP contribution in [-0.4, -0.2) is 33.3 Å². The number of anilines is 1. The molecule has 2 aromatic heterocycles.